The molecule has 2 nitrogen and oxygen atoms in total. The minimum absolute atomic E-state index is 0.999. The second-order valence-corrected chi connectivity index (χ2v) is 14.3. The molecule has 4 heteroatoms. The summed E-state index contributed by atoms with van der Waals surface area (Å²) in [5, 5.41) is 7.62. The summed E-state index contributed by atoms with van der Waals surface area (Å²) in [6.07, 6.45) is 4.01. The molecular formula is C44H26N2S2. The molecule has 0 unspecified atom stereocenters. The third kappa shape index (κ3) is 4.45. The van der Waals surface area contributed by atoms with E-state index in [1.54, 1.807) is 0 Å². The molecule has 224 valence electrons. The predicted molar refractivity (Wildman–Crippen MR) is 207 cm³/mol. The lowest BCUT2D eigenvalue weighted by molar-refractivity contribution is 1.33. The molecular weight excluding hydrogens is 621 g/mol. The van der Waals surface area contributed by atoms with Crippen molar-refractivity contribution in [1.82, 2.24) is 9.97 Å². The number of pyridine rings is 2. The van der Waals surface area contributed by atoms with Crippen LogP contribution in [0.3, 0.4) is 0 Å². The molecule has 0 radical (unpaired) electrons. The summed E-state index contributed by atoms with van der Waals surface area (Å²) in [5.41, 5.74) is 8.89. The Bertz CT molecular complexity index is 2630. The summed E-state index contributed by atoms with van der Waals surface area (Å²) in [4.78, 5) is 9.91. The van der Waals surface area contributed by atoms with Crippen molar-refractivity contribution in [1.29, 1.82) is 0 Å². The van der Waals surface area contributed by atoms with E-state index in [1.807, 2.05) is 35.1 Å². The Morgan fingerprint density at radius 3 is 1.29 bits per heavy atom. The molecule has 0 N–H and O–H groups in total. The maximum absolute atomic E-state index is 4.95. The molecule has 0 atom stereocenters. The van der Waals surface area contributed by atoms with Crippen LogP contribution in [0.15, 0.2) is 158 Å². The van der Waals surface area contributed by atoms with E-state index in [9.17, 15) is 0 Å². The molecule has 0 bridgehead atoms. The van der Waals surface area contributed by atoms with Gasteiger partial charge in [0.2, 0.25) is 0 Å². The van der Waals surface area contributed by atoms with E-state index < -0.39 is 0 Å². The summed E-state index contributed by atoms with van der Waals surface area (Å²) >= 11 is 3.68. The standard InChI is InChI=1S/C44H26N2S2/c1-3-13-41-33(7-1)35-9-5-11-37(43(35)47-41)39-21-19-30(25-45-39)28-17-15-27-16-18-29(24-32(27)23-28)31-20-22-40(46-26-31)38-12-6-10-36-34-8-2-4-14-42(34)48-44(36)38/h1-26H. The largest absolute Gasteiger partial charge is 0.256 e. The first-order valence-corrected chi connectivity index (χ1v) is 17.7. The molecule has 4 aromatic heterocycles. The van der Waals surface area contributed by atoms with Gasteiger partial charge in [-0.25, -0.2) is 0 Å². The smallest absolute Gasteiger partial charge is 0.0716 e. The summed E-state index contributed by atoms with van der Waals surface area (Å²) in [5.74, 6) is 0. The lowest BCUT2D eigenvalue weighted by Crippen LogP contribution is -1.87. The van der Waals surface area contributed by atoms with Crippen LogP contribution in [0.25, 0.3) is 95.9 Å². The summed E-state index contributed by atoms with van der Waals surface area (Å²) in [6, 6.07) is 52.4. The van der Waals surface area contributed by atoms with E-state index in [-0.39, 0.29) is 0 Å². The quantitative estimate of drug-likeness (QED) is 0.190. The first kappa shape index (κ1) is 27.4. The fourth-order valence-electron chi connectivity index (χ4n) is 6.95. The molecule has 48 heavy (non-hydrogen) atoms. The Hall–Kier alpha value is -5.68. The lowest BCUT2D eigenvalue weighted by Gasteiger charge is -2.09. The Kier molecular flexibility index (Phi) is 6.26. The van der Waals surface area contributed by atoms with Gasteiger partial charge in [0, 0.05) is 75.0 Å². The molecule has 0 fully saturated rings. The van der Waals surface area contributed by atoms with Crippen LogP contribution in [-0.4, -0.2) is 9.97 Å². The highest BCUT2D eigenvalue weighted by molar-refractivity contribution is 7.26. The number of fused-ring (bicyclic) bond motifs is 7. The number of hydrogen-bond donors (Lipinski definition) is 0. The van der Waals surface area contributed by atoms with Crippen LogP contribution >= 0.6 is 22.7 Å². The van der Waals surface area contributed by atoms with Crippen LogP contribution < -0.4 is 0 Å². The molecule has 0 spiro atoms. The Morgan fingerprint density at radius 1 is 0.354 bits per heavy atom. The molecule has 10 aromatic rings. The van der Waals surface area contributed by atoms with Crippen LogP contribution in [-0.2, 0) is 0 Å². The zero-order chi connectivity index (χ0) is 31.6. The maximum Gasteiger partial charge on any atom is 0.0716 e. The van der Waals surface area contributed by atoms with Gasteiger partial charge in [-0.3, -0.25) is 9.97 Å². The molecule has 0 aliphatic rings. The highest BCUT2D eigenvalue weighted by Crippen LogP contribution is 2.41. The van der Waals surface area contributed by atoms with E-state index in [0.717, 1.165) is 33.6 Å². The SMILES string of the molecule is c1ccc2c(c1)sc1c(-c3ccc(-c4ccc5ccc(-c6ccc(-c7cccc8c7sc7ccccc78)nc6)cc5c4)cn3)cccc12. The molecule has 10 rings (SSSR count). The van der Waals surface area contributed by atoms with Gasteiger partial charge in [0.05, 0.1) is 11.4 Å². The summed E-state index contributed by atoms with van der Waals surface area (Å²) < 4.78 is 5.20. The Balaban J connectivity index is 0.964. The van der Waals surface area contributed by atoms with Gasteiger partial charge in [-0.05, 0) is 58.3 Å². The lowest BCUT2D eigenvalue weighted by atomic mass is 9.98. The molecule has 0 aliphatic heterocycles. The maximum atomic E-state index is 4.95. The molecule has 0 saturated heterocycles. The van der Waals surface area contributed by atoms with E-state index in [1.165, 1.54) is 62.2 Å². The first-order chi connectivity index (χ1) is 23.8. The van der Waals surface area contributed by atoms with Crippen LogP contribution in [0.4, 0.5) is 0 Å². The number of nitrogens with zero attached hydrogens (tertiary/aromatic N) is 2. The van der Waals surface area contributed by atoms with Crippen molar-refractivity contribution in [3.05, 3.63) is 158 Å². The zero-order valence-electron chi connectivity index (χ0n) is 25.7. The van der Waals surface area contributed by atoms with E-state index >= 15 is 0 Å². The van der Waals surface area contributed by atoms with Crippen LogP contribution in [0.5, 0.6) is 0 Å². The van der Waals surface area contributed by atoms with Crippen molar-refractivity contribution in [3.8, 4) is 44.8 Å². The first-order valence-electron chi connectivity index (χ1n) is 16.0. The average Bonchev–Trinajstić information content (AvgIpc) is 3.73. The van der Waals surface area contributed by atoms with Crippen molar-refractivity contribution >= 4 is 73.8 Å². The van der Waals surface area contributed by atoms with Crippen molar-refractivity contribution in [2.24, 2.45) is 0 Å². The monoisotopic (exact) mass is 646 g/mol. The third-order valence-electron chi connectivity index (χ3n) is 9.39. The van der Waals surface area contributed by atoms with Crippen molar-refractivity contribution in [2.45, 2.75) is 0 Å². The van der Waals surface area contributed by atoms with Gasteiger partial charge in [0.15, 0.2) is 0 Å². The van der Waals surface area contributed by atoms with Gasteiger partial charge in [-0.15, -0.1) is 22.7 Å². The fraction of sp³-hybridized carbons (Fsp3) is 0. The fourth-order valence-corrected chi connectivity index (χ4v) is 9.40. The molecule has 0 amide bonds. The normalized spacial score (nSPS) is 11.8. The molecule has 0 saturated carbocycles. The van der Waals surface area contributed by atoms with Gasteiger partial charge in [-0.2, -0.15) is 0 Å². The summed E-state index contributed by atoms with van der Waals surface area (Å²) in [7, 11) is 0. The number of rotatable bonds is 4. The van der Waals surface area contributed by atoms with Crippen molar-refractivity contribution in [2.75, 3.05) is 0 Å². The van der Waals surface area contributed by atoms with Crippen molar-refractivity contribution < 1.29 is 0 Å². The van der Waals surface area contributed by atoms with Crippen LogP contribution in [0, 0.1) is 0 Å². The van der Waals surface area contributed by atoms with Gasteiger partial charge in [0.1, 0.15) is 0 Å². The summed E-state index contributed by atoms with van der Waals surface area (Å²) in [6.45, 7) is 0. The number of thiophene rings is 2. The number of benzene rings is 6. The molecule has 4 heterocycles. The van der Waals surface area contributed by atoms with E-state index in [2.05, 4.69) is 146 Å². The molecule has 6 aromatic carbocycles. The van der Waals surface area contributed by atoms with Crippen molar-refractivity contribution in [3.63, 3.8) is 0 Å². The Labute approximate surface area is 285 Å². The number of aromatic nitrogens is 2. The molecule has 0 aliphatic carbocycles. The third-order valence-corrected chi connectivity index (χ3v) is 11.8. The second-order valence-electron chi connectivity index (χ2n) is 12.2. The van der Waals surface area contributed by atoms with Gasteiger partial charge >= 0.3 is 0 Å². The van der Waals surface area contributed by atoms with E-state index in [4.69, 9.17) is 9.97 Å². The van der Waals surface area contributed by atoms with Crippen LogP contribution in [0.1, 0.15) is 0 Å². The zero-order valence-corrected chi connectivity index (χ0v) is 27.4. The van der Waals surface area contributed by atoms with E-state index in [0.29, 0.717) is 0 Å². The van der Waals surface area contributed by atoms with Gasteiger partial charge in [-0.1, -0.05) is 109 Å². The van der Waals surface area contributed by atoms with Gasteiger partial charge in [0.25, 0.3) is 0 Å². The van der Waals surface area contributed by atoms with Crippen LogP contribution in [0.2, 0.25) is 0 Å². The minimum Gasteiger partial charge on any atom is -0.256 e. The minimum atomic E-state index is 0.999. The second kappa shape index (κ2) is 11.0. The topological polar surface area (TPSA) is 25.8 Å². The Morgan fingerprint density at radius 2 is 0.812 bits per heavy atom. The highest BCUT2D eigenvalue weighted by Gasteiger charge is 2.13. The predicted octanol–water partition coefficient (Wildman–Crippen LogP) is 13.0. The van der Waals surface area contributed by atoms with Gasteiger partial charge < -0.3 is 0 Å². The average molecular weight is 647 g/mol. The number of hydrogen-bond acceptors (Lipinski definition) is 4. The highest BCUT2D eigenvalue weighted by atomic mass is 32.1.